The third kappa shape index (κ3) is 3.88. The van der Waals surface area contributed by atoms with Gasteiger partial charge >= 0.3 is 6.09 Å². The Labute approximate surface area is 184 Å². The molecule has 1 aliphatic heterocycles. The Balaban J connectivity index is 1.69. The second kappa shape index (κ2) is 7.74. The molecule has 1 saturated heterocycles. The Morgan fingerprint density at radius 1 is 1.25 bits per heavy atom. The van der Waals surface area contributed by atoms with Gasteiger partial charge in [-0.2, -0.15) is 0 Å². The number of fused-ring (bicyclic) bond motifs is 1. The lowest BCUT2D eigenvalue weighted by Crippen LogP contribution is -2.59. The highest BCUT2D eigenvalue weighted by Gasteiger charge is 2.48. The molecule has 170 valence electrons. The van der Waals surface area contributed by atoms with Gasteiger partial charge in [-0.05, 0) is 42.2 Å². The molecule has 3 heterocycles. The first-order chi connectivity index (χ1) is 15.0. The third-order valence-electron chi connectivity index (χ3n) is 6.40. The first-order valence-electron chi connectivity index (χ1n) is 10.5. The molecule has 0 saturated carbocycles. The monoisotopic (exact) mass is 442 g/mol. The minimum absolute atomic E-state index is 0.0197. The molecular formula is C23H27FN4O4. The molecule has 2 aromatic heterocycles. The Morgan fingerprint density at radius 3 is 2.56 bits per heavy atom. The molecule has 8 nitrogen and oxygen atoms in total. The van der Waals surface area contributed by atoms with Gasteiger partial charge in [-0.25, -0.2) is 14.2 Å². The zero-order valence-electron chi connectivity index (χ0n) is 18.3. The van der Waals surface area contributed by atoms with Crippen LogP contribution in [0.3, 0.4) is 0 Å². The number of rotatable bonds is 3. The highest BCUT2D eigenvalue weighted by atomic mass is 19.1. The van der Waals surface area contributed by atoms with Crippen molar-refractivity contribution < 1.29 is 19.4 Å². The van der Waals surface area contributed by atoms with Crippen molar-refractivity contribution in [1.29, 1.82) is 0 Å². The number of hydrogen-bond donors (Lipinski definition) is 2. The highest BCUT2D eigenvalue weighted by molar-refractivity contribution is 5.76. The summed E-state index contributed by atoms with van der Waals surface area (Å²) in [5.41, 5.74) is -0.812. The normalized spacial score (nSPS) is 21.8. The predicted molar refractivity (Wildman–Crippen MR) is 117 cm³/mol. The molecule has 32 heavy (non-hydrogen) atoms. The van der Waals surface area contributed by atoms with Gasteiger partial charge in [0.15, 0.2) is 5.65 Å². The van der Waals surface area contributed by atoms with Crippen LogP contribution < -0.4 is 5.56 Å². The number of carbonyl (C=O) groups is 1. The average Bonchev–Trinajstić information content (AvgIpc) is 3.14. The maximum Gasteiger partial charge on any atom is 0.407 e. The Kier molecular flexibility index (Phi) is 5.32. The van der Waals surface area contributed by atoms with Crippen molar-refractivity contribution in [3.8, 4) is 5.69 Å². The van der Waals surface area contributed by atoms with Gasteiger partial charge in [0.25, 0.3) is 5.56 Å². The van der Waals surface area contributed by atoms with Gasteiger partial charge in [0.2, 0.25) is 0 Å². The maximum atomic E-state index is 13.3. The number of hydrogen-bond acceptors (Lipinski definition) is 4. The lowest BCUT2D eigenvalue weighted by molar-refractivity contribution is -0.114. The summed E-state index contributed by atoms with van der Waals surface area (Å²) >= 11 is 0. The molecule has 4 rings (SSSR count). The van der Waals surface area contributed by atoms with Crippen molar-refractivity contribution in [1.82, 2.24) is 19.0 Å². The third-order valence-corrected chi connectivity index (χ3v) is 6.40. The fourth-order valence-electron chi connectivity index (χ4n) is 4.70. The summed E-state index contributed by atoms with van der Waals surface area (Å²) in [6, 6.07) is 7.55. The molecule has 3 aromatic rings. The largest absolute Gasteiger partial charge is 0.465 e. The molecular weight excluding hydrogens is 415 g/mol. The number of amides is 1. The van der Waals surface area contributed by atoms with E-state index < -0.39 is 11.7 Å². The van der Waals surface area contributed by atoms with Crippen LogP contribution in [0.2, 0.25) is 0 Å². The summed E-state index contributed by atoms with van der Waals surface area (Å²) < 4.78 is 16.4. The van der Waals surface area contributed by atoms with Crippen LogP contribution in [0, 0.1) is 17.2 Å². The quantitative estimate of drug-likeness (QED) is 0.649. The molecule has 1 aromatic carbocycles. The Hall–Kier alpha value is -3.20. The van der Waals surface area contributed by atoms with Crippen LogP contribution in [0.1, 0.15) is 27.2 Å². The molecule has 2 N–H and O–H groups in total. The van der Waals surface area contributed by atoms with Gasteiger partial charge < -0.3 is 19.7 Å². The first-order valence-corrected chi connectivity index (χ1v) is 10.5. The van der Waals surface area contributed by atoms with Crippen molar-refractivity contribution in [2.75, 3.05) is 13.1 Å². The lowest BCUT2D eigenvalue weighted by Gasteiger charge is -2.49. The Bertz CT molecular complexity index is 1210. The van der Waals surface area contributed by atoms with Crippen LogP contribution in [-0.4, -0.2) is 54.0 Å². The van der Waals surface area contributed by atoms with Gasteiger partial charge in [-0.3, -0.25) is 9.36 Å². The zero-order chi connectivity index (χ0) is 23.3. The molecule has 1 aliphatic rings. The summed E-state index contributed by atoms with van der Waals surface area (Å²) in [4.78, 5) is 30.5. The molecule has 2 unspecified atom stereocenters. The fourth-order valence-corrected chi connectivity index (χ4v) is 4.70. The number of likely N-dealkylation sites (tertiary alicyclic amines) is 1. The van der Waals surface area contributed by atoms with Crippen molar-refractivity contribution in [3.05, 3.63) is 59.0 Å². The number of aliphatic hydroxyl groups is 1. The van der Waals surface area contributed by atoms with E-state index in [-0.39, 0.29) is 48.8 Å². The average molecular weight is 442 g/mol. The summed E-state index contributed by atoms with van der Waals surface area (Å²) in [5, 5.41) is 21.4. The van der Waals surface area contributed by atoms with Gasteiger partial charge in [0.05, 0.1) is 17.5 Å². The summed E-state index contributed by atoms with van der Waals surface area (Å²) in [7, 11) is 0. The van der Waals surface area contributed by atoms with Gasteiger partial charge in [0.1, 0.15) is 12.1 Å². The van der Waals surface area contributed by atoms with Crippen LogP contribution in [0.4, 0.5) is 9.18 Å². The second-order valence-corrected chi connectivity index (χ2v) is 9.58. The molecule has 1 fully saturated rings. The van der Waals surface area contributed by atoms with Crippen LogP contribution in [0.5, 0.6) is 0 Å². The fraction of sp³-hybridized carbons (Fsp3) is 0.435. The molecule has 0 aliphatic carbocycles. The van der Waals surface area contributed by atoms with Crippen LogP contribution >= 0.6 is 0 Å². The number of aromatic nitrogens is 3. The number of nitrogens with zero attached hydrogens (tertiary/aromatic N) is 4. The highest BCUT2D eigenvalue weighted by Crippen LogP contribution is 2.41. The van der Waals surface area contributed by atoms with E-state index in [4.69, 9.17) is 0 Å². The van der Waals surface area contributed by atoms with E-state index in [9.17, 15) is 24.2 Å². The topological polar surface area (TPSA) is 101 Å². The zero-order valence-corrected chi connectivity index (χ0v) is 18.3. The van der Waals surface area contributed by atoms with Gasteiger partial charge in [-0.15, -0.1) is 0 Å². The van der Waals surface area contributed by atoms with Crippen LogP contribution in [0.25, 0.3) is 16.7 Å². The van der Waals surface area contributed by atoms with E-state index in [0.717, 1.165) is 0 Å². The van der Waals surface area contributed by atoms with Crippen molar-refractivity contribution >= 4 is 17.1 Å². The minimum atomic E-state index is -1.26. The molecule has 1 amide bonds. The number of halogens is 1. The number of benzene rings is 1. The standard InChI is InChI=1S/C23H27FN4O4/c1-22(2,3)18-12-26(21(30)31)11-9-23(18,32)13-27-14-25-19-17(20(27)29)8-10-28(19)16-6-4-15(24)5-7-16/h4-8,10,14,18,32H,9,11-13H2,1-3H3,(H,30,31). The van der Waals surface area contributed by atoms with Crippen molar-refractivity contribution in [3.63, 3.8) is 0 Å². The molecule has 2 atom stereocenters. The summed E-state index contributed by atoms with van der Waals surface area (Å²) in [6.07, 6.45) is 2.33. The number of piperidine rings is 1. The van der Waals surface area contributed by atoms with Crippen LogP contribution in [-0.2, 0) is 6.54 Å². The molecule has 9 heteroatoms. The predicted octanol–water partition coefficient (Wildman–Crippen LogP) is 3.10. The SMILES string of the molecule is CC(C)(C)C1CN(C(=O)O)CCC1(O)Cn1cnc2c(ccn2-c2ccc(F)cc2)c1=O. The second-order valence-electron chi connectivity index (χ2n) is 9.58. The minimum Gasteiger partial charge on any atom is -0.465 e. The van der Waals surface area contributed by atoms with E-state index in [1.54, 1.807) is 29.0 Å². The molecule has 0 bridgehead atoms. The lowest BCUT2D eigenvalue weighted by atomic mass is 9.67. The summed E-state index contributed by atoms with van der Waals surface area (Å²) in [5.74, 6) is -0.720. The van der Waals surface area contributed by atoms with Crippen LogP contribution in [0.15, 0.2) is 47.7 Å². The maximum absolute atomic E-state index is 13.3. The van der Waals surface area contributed by atoms with E-state index in [2.05, 4.69) is 4.98 Å². The van der Waals surface area contributed by atoms with E-state index in [1.807, 2.05) is 20.8 Å². The van der Waals surface area contributed by atoms with Crippen molar-refractivity contribution in [2.45, 2.75) is 39.3 Å². The molecule has 0 radical (unpaired) electrons. The number of carboxylic acid groups (broad SMARTS) is 1. The smallest absolute Gasteiger partial charge is 0.407 e. The molecule has 0 spiro atoms. The Morgan fingerprint density at radius 2 is 1.94 bits per heavy atom. The van der Waals surface area contributed by atoms with Crippen molar-refractivity contribution in [2.24, 2.45) is 11.3 Å². The van der Waals surface area contributed by atoms with E-state index >= 15 is 0 Å². The summed E-state index contributed by atoms with van der Waals surface area (Å²) in [6.45, 7) is 6.29. The first kappa shape index (κ1) is 22.0. The van der Waals surface area contributed by atoms with E-state index in [0.29, 0.717) is 16.7 Å². The van der Waals surface area contributed by atoms with Gasteiger partial charge in [-0.1, -0.05) is 20.8 Å². The van der Waals surface area contributed by atoms with E-state index in [1.165, 1.54) is 27.9 Å². The van der Waals surface area contributed by atoms with Gasteiger partial charge in [0, 0.05) is 30.9 Å².